The van der Waals surface area contributed by atoms with Crippen LogP contribution in [0, 0.1) is 0 Å². The molecule has 1 aliphatic heterocycles. The average Bonchev–Trinajstić information content (AvgIpc) is 3.33. The summed E-state index contributed by atoms with van der Waals surface area (Å²) in [5, 5.41) is 19.4. The standard InChI is InChI=1S/C17H24N6O2S/c1-4-18-15(24)12-8-11(9-19-12)23-10-14(21-22-23)17(2,3)20-16(25)13-6-5-7-26-13/h5-7,10-12,19H,4,8-9H2,1-3H3,(H,18,24)(H,20,25)/t11-,12-/m0/s1. The number of thiophene rings is 1. The van der Waals surface area contributed by atoms with E-state index in [-0.39, 0.29) is 23.9 Å². The largest absolute Gasteiger partial charge is 0.355 e. The summed E-state index contributed by atoms with van der Waals surface area (Å²) in [5.41, 5.74) is 0.0357. The molecule has 0 spiro atoms. The molecule has 0 aliphatic carbocycles. The second-order valence-corrected chi connectivity index (χ2v) is 7.83. The molecular weight excluding hydrogens is 352 g/mol. The number of likely N-dealkylation sites (N-methyl/N-ethyl adjacent to an activating group) is 1. The van der Waals surface area contributed by atoms with Gasteiger partial charge in [0.05, 0.1) is 28.7 Å². The highest BCUT2D eigenvalue weighted by Crippen LogP contribution is 2.23. The number of nitrogens with one attached hydrogen (secondary N) is 3. The summed E-state index contributed by atoms with van der Waals surface area (Å²) in [5.74, 6) is -0.114. The molecular formula is C17H24N6O2S. The van der Waals surface area contributed by atoms with Gasteiger partial charge < -0.3 is 16.0 Å². The van der Waals surface area contributed by atoms with Crippen LogP contribution in [0.1, 0.15) is 48.6 Å². The Morgan fingerprint density at radius 1 is 1.46 bits per heavy atom. The maximum absolute atomic E-state index is 12.3. The van der Waals surface area contributed by atoms with Crippen LogP contribution in [0.25, 0.3) is 0 Å². The highest BCUT2D eigenvalue weighted by atomic mass is 32.1. The van der Waals surface area contributed by atoms with Gasteiger partial charge in [0.2, 0.25) is 5.91 Å². The molecule has 0 bridgehead atoms. The maximum Gasteiger partial charge on any atom is 0.262 e. The van der Waals surface area contributed by atoms with E-state index in [1.807, 2.05) is 38.4 Å². The van der Waals surface area contributed by atoms with E-state index in [1.54, 1.807) is 10.7 Å². The average molecular weight is 376 g/mol. The Balaban J connectivity index is 1.65. The van der Waals surface area contributed by atoms with E-state index in [4.69, 9.17) is 0 Å². The Hall–Kier alpha value is -2.26. The first-order chi connectivity index (χ1) is 12.4. The van der Waals surface area contributed by atoms with E-state index >= 15 is 0 Å². The topological polar surface area (TPSA) is 101 Å². The van der Waals surface area contributed by atoms with Crippen LogP contribution in [0.4, 0.5) is 0 Å². The van der Waals surface area contributed by atoms with Crippen LogP contribution in [0.15, 0.2) is 23.7 Å². The molecule has 3 heterocycles. The van der Waals surface area contributed by atoms with Crippen molar-refractivity contribution >= 4 is 23.2 Å². The van der Waals surface area contributed by atoms with Crippen molar-refractivity contribution in [3.63, 3.8) is 0 Å². The van der Waals surface area contributed by atoms with Gasteiger partial charge in [0.15, 0.2) is 0 Å². The third kappa shape index (κ3) is 3.94. The monoisotopic (exact) mass is 376 g/mol. The molecule has 2 aromatic heterocycles. The lowest BCUT2D eigenvalue weighted by Crippen LogP contribution is -2.41. The van der Waals surface area contributed by atoms with Gasteiger partial charge in [0, 0.05) is 13.1 Å². The quantitative estimate of drug-likeness (QED) is 0.699. The Bertz CT molecular complexity index is 770. The second kappa shape index (κ2) is 7.55. The predicted molar refractivity (Wildman–Crippen MR) is 99.0 cm³/mol. The summed E-state index contributed by atoms with van der Waals surface area (Å²) < 4.78 is 1.78. The molecule has 2 atom stereocenters. The molecule has 1 saturated heterocycles. The maximum atomic E-state index is 12.3. The third-order valence-corrected chi connectivity index (χ3v) is 5.34. The van der Waals surface area contributed by atoms with E-state index in [0.29, 0.717) is 30.1 Å². The van der Waals surface area contributed by atoms with Crippen LogP contribution in [-0.2, 0) is 10.3 Å². The van der Waals surface area contributed by atoms with Crippen molar-refractivity contribution in [2.75, 3.05) is 13.1 Å². The van der Waals surface area contributed by atoms with Gasteiger partial charge in [-0.05, 0) is 38.6 Å². The molecule has 26 heavy (non-hydrogen) atoms. The van der Waals surface area contributed by atoms with Gasteiger partial charge in [0.1, 0.15) is 5.69 Å². The van der Waals surface area contributed by atoms with E-state index in [0.717, 1.165) is 0 Å². The molecule has 0 unspecified atom stereocenters. The van der Waals surface area contributed by atoms with E-state index < -0.39 is 5.54 Å². The minimum absolute atomic E-state index is 0.0129. The molecule has 0 radical (unpaired) electrons. The fraction of sp³-hybridized carbons (Fsp3) is 0.529. The molecule has 0 aromatic carbocycles. The van der Waals surface area contributed by atoms with Crippen molar-refractivity contribution in [3.05, 3.63) is 34.3 Å². The molecule has 1 aliphatic rings. The molecule has 140 valence electrons. The number of carbonyl (C=O) groups excluding carboxylic acids is 2. The van der Waals surface area contributed by atoms with E-state index in [9.17, 15) is 9.59 Å². The summed E-state index contributed by atoms with van der Waals surface area (Å²) in [7, 11) is 0. The number of rotatable bonds is 6. The highest BCUT2D eigenvalue weighted by Gasteiger charge is 2.33. The van der Waals surface area contributed by atoms with Gasteiger partial charge in [-0.1, -0.05) is 11.3 Å². The highest BCUT2D eigenvalue weighted by molar-refractivity contribution is 7.12. The third-order valence-electron chi connectivity index (χ3n) is 4.47. The van der Waals surface area contributed by atoms with Gasteiger partial charge in [-0.25, -0.2) is 4.68 Å². The molecule has 2 aromatic rings. The van der Waals surface area contributed by atoms with Gasteiger partial charge in [-0.15, -0.1) is 16.4 Å². The number of hydrogen-bond donors (Lipinski definition) is 3. The van der Waals surface area contributed by atoms with Crippen LogP contribution in [0.3, 0.4) is 0 Å². The fourth-order valence-corrected chi connectivity index (χ4v) is 3.59. The minimum Gasteiger partial charge on any atom is -0.355 e. The number of aromatic nitrogens is 3. The van der Waals surface area contributed by atoms with Crippen LogP contribution in [-0.4, -0.2) is 45.9 Å². The van der Waals surface area contributed by atoms with Crippen molar-refractivity contribution in [2.45, 2.75) is 44.8 Å². The second-order valence-electron chi connectivity index (χ2n) is 6.89. The summed E-state index contributed by atoms with van der Waals surface area (Å²) in [6.45, 7) is 6.98. The molecule has 8 nitrogen and oxygen atoms in total. The molecule has 1 fully saturated rings. The molecule has 9 heteroatoms. The Morgan fingerprint density at radius 3 is 2.96 bits per heavy atom. The zero-order chi connectivity index (χ0) is 18.7. The van der Waals surface area contributed by atoms with Crippen LogP contribution in [0.2, 0.25) is 0 Å². The van der Waals surface area contributed by atoms with Gasteiger partial charge in [0.25, 0.3) is 5.91 Å². The molecule has 2 amide bonds. The lowest BCUT2D eigenvalue weighted by molar-refractivity contribution is -0.122. The van der Waals surface area contributed by atoms with Crippen molar-refractivity contribution < 1.29 is 9.59 Å². The first-order valence-corrected chi connectivity index (χ1v) is 9.58. The zero-order valence-electron chi connectivity index (χ0n) is 15.2. The number of carbonyl (C=O) groups is 2. The smallest absolute Gasteiger partial charge is 0.262 e. The van der Waals surface area contributed by atoms with Crippen molar-refractivity contribution in [3.8, 4) is 0 Å². The van der Waals surface area contributed by atoms with Crippen molar-refractivity contribution in [2.24, 2.45) is 0 Å². The predicted octanol–water partition coefficient (Wildman–Crippen LogP) is 1.04. The van der Waals surface area contributed by atoms with Gasteiger partial charge >= 0.3 is 0 Å². The molecule has 3 rings (SSSR count). The fourth-order valence-electron chi connectivity index (χ4n) is 2.97. The first kappa shape index (κ1) is 18.5. The van der Waals surface area contributed by atoms with Gasteiger partial charge in [-0.2, -0.15) is 0 Å². The van der Waals surface area contributed by atoms with E-state index in [2.05, 4.69) is 26.3 Å². The number of hydrogen-bond acceptors (Lipinski definition) is 6. The number of amides is 2. The summed E-state index contributed by atoms with van der Waals surface area (Å²) >= 11 is 1.40. The lowest BCUT2D eigenvalue weighted by atomic mass is 10.0. The lowest BCUT2D eigenvalue weighted by Gasteiger charge is -2.23. The van der Waals surface area contributed by atoms with Crippen molar-refractivity contribution in [1.82, 2.24) is 30.9 Å². The van der Waals surface area contributed by atoms with Crippen LogP contribution >= 0.6 is 11.3 Å². The number of nitrogens with zero attached hydrogens (tertiary/aromatic N) is 3. The molecule has 0 saturated carbocycles. The minimum atomic E-state index is -0.648. The van der Waals surface area contributed by atoms with Crippen LogP contribution < -0.4 is 16.0 Å². The molecule has 3 N–H and O–H groups in total. The summed E-state index contributed by atoms with van der Waals surface area (Å²) in [4.78, 5) is 24.9. The van der Waals surface area contributed by atoms with Gasteiger partial charge in [-0.3, -0.25) is 9.59 Å². The Labute approximate surface area is 156 Å². The van der Waals surface area contributed by atoms with Crippen LogP contribution in [0.5, 0.6) is 0 Å². The Morgan fingerprint density at radius 2 is 2.27 bits per heavy atom. The SMILES string of the molecule is CCNC(=O)[C@@H]1C[C@H](n2cc(C(C)(C)NC(=O)c3cccs3)nn2)CN1. The van der Waals surface area contributed by atoms with Crippen molar-refractivity contribution in [1.29, 1.82) is 0 Å². The first-order valence-electron chi connectivity index (χ1n) is 8.70. The zero-order valence-corrected chi connectivity index (χ0v) is 16.0. The van der Waals surface area contributed by atoms with E-state index in [1.165, 1.54) is 11.3 Å². The summed E-state index contributed by atoms with van der Waals surface area (Å²) in [6, 6.07) is 3.49. The normalized spacial score (nSPS) is 20.1. The summed E-state index contributed by atoms with van der Waals surface area (Å²) in [6.07, 6.45) is 2.51. The Kier molecular flexibility index (Phi) is 5.38.